The van der Waals surface area contributed by atoms with Crippen molar-refractivity contribution >= 4 is 23.2 Å². The highest BCUT2D eigenvalue weighted by Gasteiger charge is 2.29. The van der Waals surface area contributed by atoms with Crippen molar-refractivity contribution in [3.8, 4) is 6.07 Å². The molecule has 1 aromatic carbocycles. The minimum absolute atomic E-state index is 0.0415. The number of anilines is 1. The number of nitriles is 1. The molecule has 0 aliphatic carbocycles. The van der Waals surface area contributed by atoms with E-state index in [2.05, 4.69) is 30.4 Å². The molecule has 1 N–H and O–H groups in total. The summed E-state index contributed by atoms with van der Waals surface area (Å²) in [7, 11) is 0. The van der Waals surface area contributed by atoms with E-state index in [9.17, 15) is 14.9 Å². The van der Waals surface area contributed by atoms with Crippen molar-refractivity contribution in [1.82, 2.24) is 9.80 Å². The molecule has 0 saturated carbocycles. The normalized spacial score (nSPS) is 15.2. The fourth-order valence-corrected chi connectivity index (χ4v) is 3.54. The lowest BCUT2D eigenvalue weighted by atomic mass is 10.00. The van der Waals surface area contributed by atoms with Gasteiger partial charge in [0.25, 0.3) is 11.8 Å². The smallest absolute Gasteiger partial charge is 0.274 e. The molecule has 1 aliphatic heterocycles. The molecule has 0 spiro atoms. The largest absolute Gasteiger partial charge is 0.339 e. The Morgan fingerprint density at radius 2 is 1.75 bits per heavy atom. The molecule has 1 aliphatic rings. The highest BCUT2D eigenvalue weighted by molar-refractivity contribution is 6.46. The first kappa shape index (κ1) is 25.1. The number of hydrogen-bond donors (Lipinski definition) is 1. The molecule has 0 radical (unpaired) electrons. The van der Waals surface area contributed by atoms with Crippen LogP contribution in [0.15, 0.2) is 40.5 Å². The van der Waals surface area contributed by atoms with E-state index >= 15 is 0 Å². The van der Waals surface area contributed by atoms with Gasteiger partial charge in [-0.1, -0.05) is 33.6 Å². The van der Waals surface area contributed by atoms with Crippen LogP contribution in [0.4, 0.5) is 5.69 Å². The van der Waals surface area contributed by atoms with Crippen molar-refractivity contribution in [2.75, 3.05) is 31.6 Å². The molecule has 0 saturated heterocycles. The SMILES string of the molecule is CCCCN(CCCC)C(=O)c1ccc(NN=C2C(=O)N(CCC)CC(C#N)=C2C)cc1. The maximum absolute atomic E-state index is 12.9. The van der Waals surface area contributed by atoms with E-state index in [1.54, 1.807) is 36.1 Å². The number of amides is 2. The van der Waals surface area contributed by atoms with Crippen LogP contribution in [0.3, 0.4) is 0 Å². The Morgan fingerprint density at radius 1 is 1.12 bits per heavy atom. The Balaban J connectivity index is 2.15. The fourth-order valence-electron chi connectivity index (χ4n) is 3.54. The lowest BCUT2D eigenvalue weighted by molar-refractivity contribution is -0.124. The van der Waals surface area contributed by atoms with E-state index in [1.807, 2.05) is 11.8 Å². The number of nitrogens with zero attached hydrogens (tertiary/aromatic N) is 4. The van der Waals surface area contributed by atoms with Gasteiger partial charge < -0.3 is 9.80 Å². The predicted molar refractivity (Wildman–Crippen MR) is 128 cm³/mol. The Hall–Kier alpha value is -3.14. The molecule has 32 heavy (non-hydrogen) atoms. The summed E-state index contributed by atoms with van der Waals surface area (Å²) in [5, 5.41) is 13.7. The molecule has 7 nitrogen and oxygen atoms in total. The number of rotatable bonds is 11. The molecule has 7 heteroatoms. The van der Waals surface area contributed by atoms with Crippen molar-refractivity contribution in [1.29, 1.82) is 5.26 Å². The number of nitrogens with one attached hydrogen (secondary N) is 1. The second-order valence-electron chi connectivity index (χ2n) is 8.09. The van der Waals surface area contributed by atoms with E-state index in [-0.39, 0.29) is 17.5 Å². The highest BCUT2D eigenvalue weighted by Crippen LogP contribution is 2.18. The third-order valence-corrected chi connectivity index (χ3v) is 5.55. The number of benzene rings is 1. The van der Waals surface area contributed by atoms with Gasteiger partial charge in [0.2, 0.25) is 0 Å². The van der Waals surface area contributed by atoms with Gasteiger partial charge in [-0.2, -0.15) is 10.4 Å². The van der Waals surface area contributed by atoms with Gasteiger partial charge in [-0.15, -0.1) is 0 Å². The molecule has 0 bridgehead atoms. The van der Waals surface area contributed by atoms with Crippen LogP contribution in [-0.4, -0.2) is 53.5 Å². The predicted octanol–water partition coefficient (Wildman–Crippen LogP) is 4.59. The average molecular weight is 438 g/mol. The van der Waals surface area contributed by atoms with Gasteiger partial charge in [0.15, 0.2) is 5.71 Å². The topological polar surface area (TPSA) is 88.8 Å². The van der Waals surface area contributed by atoms with Crippen molar-refractivity contribution < 1.29 is 9.59 Å². The number of unbranched alkanes of at least 4 members (excludes halogenated alkanes) is 2. The Kier molecular flexibility index (Phi) is 9.93. The first-order valence-corrected chi connectivity index (χ1v) is 11.6. The Morgan fingerprint density at radius 3 is 2.28 bits per heavy atom. The summed E-state index contributed by atoms with van der Waals surface area (Å²) in [6, 6.07) is 9.33. The third-order valence-electron chi connectivity index (χ3n) is 5.55. The molecule has 2 rings (SSSR count). The summed E-state index contributed by atoms with van der Waals surface area (Å²) in [6.45, 7) is 10.5. The molecule has 0 atom stereocenters. The molecule has 1 heterocycles. The number of carbonyl (C=O) groups is 2. The van der Waals surface area contributed by atoms with E-state index in [4.69, 9.17) is 0 Å². The third kappa shape index (κ3) is 6.43. The van der Waals surface area contributed by atoms with Gasteiger partial charge in [-0.05, 0) is 56.0 Å². The van der Waals surface area contributed by atoms with Crippen LogP contribution >= 0.6 is 0 Å². The summed E-state index contributed by atoms with van der Waals surface area (Å²) >= 11 is 0. The van der Waals surface area contributed by atoms with Crippen LogP contribution in [0, 0.1) is 11.3 Å². The second-order valence-corrected chi connectivity index (χ2v) is 8.09. The summed E-state index contributed by atoms with van der Waals surface area (Å²) in [5.41, 5.74) is 5.65. The lowest BCUT2D eigenvalue weighted by Gasteiger charge is -2.27. The van der Waals surface area contributed by atoms with Gasteiger partial charge in [0.05, 0.1) is 23.9 Å². The maximum Gasteiger partial charge on any atom is 0.274 e. The van der Waals surface area contributed by atoms with Crippen molar-refractivity contribution in [3.63, 3.8) is 0 Å². The summed E-state index contributed by atoms with van der Waals surface area (Å²) < 4.78 is 0. The minimum Gasteiger partial charge on any atom is -0.339 e. The molecule has 0 aromatic heterocycles. The van der Waals surface area contributed by atoms with Crippen LogP contribution in [0.25, 0.3) is 0 Å². The molecule has 2 amide bonds. The summed E-state index contributed by atoms with van der Waals surface area (Å²) in [5.74, 6) is -0.134. The molecular weight excluding hydrogens is 402 g/mol. The van der Waals surface area contributed by atoms with Crippen LogP contribution in [0.2, 0.25) is 0 Å². The van der Waals surface area contributed by atoms with Crippen molar-refractivity contribution in [3.05, 3.63) is 41.0 Å². The van der Waals surface area contributed by atoms with Crippen molar-refractivity contribution in [2.24, 2.45) is 5.10 Å². The highest BCUT2D eigenvalue weighted by atomic mass is 16.2. The molecule has 0 fully saturated rings. The first-order valence-electron chi connectivity index (χ1n) is 11.6. The van der Waals surface area contributed by atoms with Gasteiger partial charge >= 0.3 is 0 Å². The summed E-state index contributed by atoms with van der Waals surface area (Å²) in [6.07, 6.45) is 4.90. The monoisotopic (exact) mass is 437 g/mol. The zero-order valence-corrected chi connectivity index (χ0v) is 19.8. The summed E-state index contributed by atoms with van der Waals surface area (Å²) in [4.78, 5) is 29.3. The zero-order valence-electron chi connectivity index (χ0n) is 19.8. The number of hydrogen-bond acceptors (Lipinski definition) is 5. The van der Waals surface area contributed by atoms with Crippen molar-refractivity contribution in [2.45, 2.75) is 59.8 Å². The van der Waals surface area contributed by atoms with E-state index in [1.165, 1.54) is 0 Å². The fraction of sp³-hybridized carbons (Fsp3) is 0.520. The molecule has 1 aromatic rings. The van der Waals surface area contributed by atoms with Crippen LogP contribution in [0.5, 0.6) is 0 Å². The van der Waals surface area contributed by atoms with Gasteiger partial charge in [0, 0.05) is 25.2 Å². The quantitative estimate of drug-likeness (QED) is 0.513. The molecular formula is C25H35N5O2. The standard InChI is InChI=1S/C25H35N5O2/c1-5-8-15-29(16-9-6-2)24(31)20-10-12-22(13-11-20)27-28-23-19(4)21(17-26)18-30(14-7-3)25(23)32/h10-13,27H,5-9,14-16,18H2,1-4H3. The zero-order chi connectivity index (χ0) is 23.5. The first-order chi connectivity index (χ1) is 15.5. The van der Waals surface area contributed by atoms with E-state index in [0.717, 1.165) is 45.2 Å². The van der Waals surface area contributed by atoms with Crippen LogP contribution in [-0.2, 0) is 4.79 Å². The number of carbonyl (C=O) groups excluding carboxylic acids is 2. The minimum atomic E-state index is -0.176. The van der Waals surface area contributed by atoms with Gasteiger partial charge in [-0.3, -0.25) is 15.0 Å². The van der Waals surface area contributed by atoms with Crippen LogP contribution in [0.1, 0.15) is 70.2 Å². The number of hydrazone groups is 1. The second kappa shape index (κ2) is 12.7. The molecule has 172 valence electrons. The average Bonchev–Trinajstić information content (AvgIpc) is 2.81. The Labute approximate surface area is 191 Å². The van der Waals surface area contributed by atoms with Crippen LogP contribution < -0.4 is 5.43 Å². The van der Waals surface area contributed by atoms with E-state index < -0.39 is 0 Å². The van der Waals surface area contributed by atoms with Gasteiger partial charge in [-0.25, -0.2) is 0 Å². The lowest BCUT2D eigenvalue weighted by Crippen LogP contribution is -2.43. The van der Waals surface area contributed by atoms with E-state index in [0.29, 0.717) is 35.5 Å². The molecule has 0 unspecified atom stereocenters. The van der Waals surface area contributed by atoms with Gasteiger partial charge in [0.1, 0.15) is 0 Å². The maximum atomic E-state index is 12.9. The Bertz CT molecular complexity index is 888.